The molecule has 1 amide bonds. The van der Waals surface area contributed by atoms with Gasteiger partial charge in [-0.1, -0.05) is 12.1 Å². The summed E-state index contributed by atoms with van der Waals surface area (Å²) in [6, 6.07) is 11.2. The van der Waals surface area contributed by atoms with Gasteiger partial charge >= 0.3 is 0 Å². The number of ether oxygens (including phenoxy) is 1. The molecule has 0 aliphatic heterocycles. The monoisotopic (exact) mass is 329 g/mol. The minimum absolute atomic E-state index is 0.187. The van der Waals surface area contributed by atoms with Crippen LogP contribution in [-0.4, -0.2) is 13.0 Å². The fourth-order valence-corrected chi connectivity index (χ4v) is 1.84. The van der Waals surface area contributed by atoms with Gasteiger partial charge < -0.3 is 15.4 Å². The number of para-hydroxylation sites is 2. The Morgan fingerprint density at radius 1 is 1.21 bits per heavy atom. The highest BCUT2D eigenvalue weighted by Gasteiger charge is 2.12. The predicted molar refractivity (Wildman–Crippen MR) is 85.3 cm³/mol. The molecule has 5 nitrogen and oxygen atoms in total. The lowest BCUT2D eigenvalue weighted by molar-refractivity contribution is -0.112. The first kappa shape index (κ1) is 17.0. The van der Waals surface area contributed by atoms with Gasteiger partial charge in [0.05, 0.1) is 18.5 Å². The van der Waals surface area contributed by atoms with Gasteiger partial charge in [-0.3, -0.25) is 4.79 Å². The molecule has 0 aromatic heterocycles. The van der Waals surface area contributed by atoms with Crippen LogP contribution in [0.2, 0.25) is 0 Å². The molecular formula is C17H13F2N3O2. The first-order valence-electron chi connectivity index (χ1n) is 6.81. The molecule has 122 valence electrons. The highest BCUT2D eigenvalue weighted by atomic mass is 19.1. The van der Waals surface area contributed by atoms with Crippen molar-refractivity contribution in [3.63, 3.8) is 0 Å². The summed E-state index contributed by atoms with van der Waals surface area (Å²) in [5, 5.41) is 14.0. The Balaban J connectivity index is 2.17. The second-order valence-corrected chi connectivity index (χ2v) is 4.59. The zero-order valence-corrected chi connectivity index (χ0v) is 12.6. The standard InChI is InChI=1S/C17H13F2N3O2/c1-24-16-5-3-2-4-14(16)22-17(23)11(9-20)10-21-15-8-12(18)6-7-13(15)19/h2-8,10,21H,1H3,(H,22,23)/b11-10-. The van der Waals surface area contributed by atoms with Gasteiger partial charge in [-0.2, -0.15) is 5.26 Å². The predicted octanol–water partition coefficient (Wildman–Crippen LogP) is 3.43. The summed E-state index contributed by atoms with van der Waals surface area (Å²) in [6.45, 7) is 0. The lowest BCUT2D eigenvalue weighted by Gasteiger charge is -2.09. The minimum atomic E-state index is -0.716. The summed E-state index contributed by atoms with van der Waals surface area (Å²) in [7, 11) is 1.44. The van der Waals surface area contributed by atoms with Gasteiger partial charge in [0, 0.05) is 12.3 Å². The molecule has 0 spiro atoms. The zero-order valence-electron chi connectivity index (χ0n) is 12.6. The number of halogens is 2. The van der Waals surface area contributed by atoms with Crippen LogP contribution in [0.1, 0.15) is 0 Å². The molecule has 7 heteroatoms. The van der Waals surface area contributed by atoms with E-state index in [4.69, 9.17) is 10.00 Å². The molecule has 0 aliphatic carbocycles. The Morgan fingerprint density at radius 3 is 2.67 bits per heavy atom. The first-order valence-corrected chi connectivity index (χ1v) is 6.81. The van der Waals surface area contributed by atoms with Gasteiger partial charge in [-0.25, -0.2) is 8.78 Å². The number of carbonyl (C=O) groups is 1. The van der Waals surface area contributed by atoms with Crippen molar-refractivity contribution in [2.24, 2.45) is 0 Å². The number of hydrogen-bond acceptors (Lipinski definition) is 4. The Hall–Kier alpha value is -3.40. The average Bonchev–Trinajstić information content (AvgIpc) is 2.58. The van der Waals surface area contributed by atoms with Crippen LogP contribution in [0.5, 0.6) is 5.75 Å². The maximum atomic E-state index is 13.5. The number of nitrogens with one attached hydrogen (secondary N) is 2. The Labute approximate surface area is 137 Å². The summed E-state index contributed by atoms with van der Waals surface area (Å²) in [5.74, 6) is -1.65. The Morgan fingerprint density at radius 2 is 1.96 bits per heavy atom. The number of anilines is 2. The number of nitriles is 1. The molecule has 2 aromatic carbocycles. The molecular weight excluding hydrogens is 316 g/mol. The van der Waals surface area contributed by atoms with Gasteiger partial charge in [-0.05, 0) is 24.3 Å². The second kappa shape index (κ2) is 7.74. The molecule has 0 saturated heterocycles. The lowest BCUT2D eigenvalue weighted by Crippen LogP contribution is -2.15. The van der Waals surface area contributed by atoms with Crippen molar-refractivity contribution in [2.75, 3.05) is 17.7 Å². The molecule has 24 heavy (non-hydrogen) atoms. The topological polar surface area (TPSA) is 74.1 Å². The third kappa shape index (κ3) is 4.08. The number of methoxy groups -OCH3 is 1. The SMILES string of the molecule is COc1ccccc1NC(=O)/C(C#N)=C\Nc1cc(F)ccc1F. The van der Waals surface area contributed by atoms with Crippen molar-refractivity contribution in [1.29, 1.82) is 5.26 Å². The lowest BCUT2D eigenvalue weighted by atomic mass is 10.2. The third-order valence-electron chi connectivity index (χ3n) is 3.02. The maximum Gasteiger partial charge on any atom is 0.267 e. The third-order valence-corrected chi connectivity index (χ3v) is 3.02. The second-order valence-electron chi connectivity index (χ2n) is 4.59. The van der Waals surface area contributed by atoms with Crippen molar-refractivity contribution in [3.05, 3.63) is 65.9 Å². The molecule has 2 N–H and O–H groups in total. The number of rotatable bonds is 5. The van der Waals surface area contributed by atoms with Crippen molar-refractivity contribution >= 4 is 17.3 Å². The number of nitrogens with zero attached hydrogens (tertiary/aromatic N) is 1. The zero-order chi connectivity index (χ0) is 17.5. The van der Waals surface area contributed by atoms with Crippen molar-refractivity contribution < 1.29 is 18.3 Å². The highest BCUT2D eigenvalue weighted by Crippen LogP contribution is 2.23. The molecule has 0 fully saturated rings. The van der Waals surface area contributed by atoms with Crippen LogP contribution < -0.4 is 15.4 Å². The molecule has 0 unspecified atom stereocenters. The fourth-order valence-electron chi connectivity index (χ4n) is 1.84. The van der Waals surface area contributed by atoms with E-state index < -0.39 is 17.5 Å². The van der Waals surface area contributed by atoms with Gasteiger partial charge in [0.1, 0.15) is 29.0 Å². The summed E-state index contributed by atoms with van der Waals surface area (Å²) in [5.41, 5.74) is -0.125. The van der Waals surface area contributed by atoms with E-state index >= 15 is 0 Å². The summed E-state index contributed by atoms with van der Waals surface area (Å²) < 4.78 is 31.7. The largest absolute Gasteiger partial charge is 0.495 e. The van der Waals surface area contributed by atoms with E-state index in [0.717, 1.165) is 24.4 Å². The van der Waals surface area contributed by atoms with Gasteiger partial charge in [-0.15, -0.1) is 0 Å². The van der Waals surface area contributed by atoms with Crippen LogP contribution >= 0.6 is 0 Å². The molecule has 0 aliphatic rings. The quantitative estimate of drug-likeness (QED) is 0.651. The molecule has 0 heterocycles. The van der Waals surface area contributed by atoms with Gasteiger partial charge in [0.25, 0.3) is 5.91 Å². The molecule has 0 bridgehead atoms. The number of carbonyl (C=O) groups excluding carboxylic acids is 1. The van der Waals surface area contributed by atoms with E-state index in [1.54, 1.807) is 30.3 Å². The molecule has 0 radical (unpaired) electrons. The van der Waals surface area contributed by atoms with Crippen LogP contribution in [-0.2, 0) is 4.79 Å². The van der Waals surface area contributed by atoms with Crippen molar-refractivity contribution in [1.82, 2.24) is 0 Å². The molecule has 0 saturated carbocycles. The molecule has 0 atom stereocenters. The fraction of sp³-hybridized carbons (Fsp3) is 0.0588. The Kier molecular flexibility index (Phi) is 5.47. The Bertz CT molecular complexity index is 829. The van der Waals surface area contributed by atoms with E-state index in [9.17, 15) is 13.6 Å². The van der Waals surface area contributed by atoms with Crippen LogP contribution in [0.3, 0.4) is 0 Å². The van der Waals surface area contributed by atoms with Crippen LogP contribution in [0, 0.1) is 23.0 Å². The minimum Gasteiger partial charge on any atom is -0.495 e. The number of benzene rings is 2. The summed E-state index contributed by atoms with van der Waals surface area (Å²) in [4.78, 5) is 12.1. The van der Waals surface area contributed by atoms with Crippen molar-refractivity contribution in [3.8, 4) is 11.8 Å². The summed E-state index contributed by atoms with van der Waals surface area (Å²) in [6.07, 6.45) is 1.00. The van der Waals surface area contributed by atoms with Gasteiger partial charge in [0.2, 0.25) is 0 Å². The van der Waals surface area contributed by atoms with Crippen LogP contribution in [0.15, 0.2) is 54.2 Å². The normalized spacial score (nSPS) is 10.7. The molecule has 2 aromatic rings. The highest BCUT2D eigenvalue weighted by molar-refractivity contribution is 6.07. The smallest absolute Gasteiger partial charge is 0.267 e. The average molecular weight is 329 g/mol. The van der Waals surface area contributed by atoms with E-state index in [1.807, 2.05) is 0 Å². The van der Waals surface area contributed by atoms with Gasteiger partial charge in [0.15, 0.2) is 0 Å². The van der Waals surface area contributed by atoms with Crippen LogP contribution in [0.4, 0.5) is 20.2 Å². The van der Waals surface area contributed by atoms with Crippen LogP contribution in [0.25, 0.3) is 0 Å². The van der Waals surface area contributed by atoms with E-state index in [0.29, 0.717) is 11.4 Å². The first-order chi connectivity index (χ1) is 11.5. The van der Waals surface area contributed by atoms with Crippen molar-refractivity contribution in [2.45, 2.75) is 0 Å². The van der Waals surface area contributed by atoms with E-state index in [1.165, 1.54) is 7.11 Å². The van der Waals surface area contributed by atoms with E-state index in [2.05, 4.69) is 10.6 Å². The maximum absolute atomic E-state index is 13.5. The number of hydrogen-bond donors (Lipinski definition) is 2. The molecule has 2 rings (SSSR count). The summed E-state index contributed by atoms with van der Waals surface area (Å²) >= 11 is 0. The number of amides is 1. The van der Waals surface area contributed by atoms with E-state index in [-0.39, 0.29) is 11.3 Å².